The standard InChI is InChI=1S/C16H15BrClFO2/c1-9-4-5-10(6-14(9)20-2)16(18)11-7-12(17)13(19)8-15(11)21-3/h4-8,16H,1-3H3. The molecule has 0 spiro atoms. The largest absolute Gasteiger partial charge is 0.496 e. The first-order valence-corrected chi connectivity index (χ1v) is 7.52. The van der Waals surface area contributed by atoms with Crippen LogP contribution in [-0.2, 0) is 0 Å². The number of rotatable bonds is 4. The van der Waals surface area contributed by atoms with E-state index in [1.54, 1.807) is 13.2 Å². The number of halogens is 3. The molecule has 0 saturated carbocycles. The van der Waals surface area contributed by atoms with Crippen molar-refractivity contribution in [2.75, 3.05) is 14.2 Å². The summed E-state index contributed by atoms with van der Waals surface area (Å²) in [6, 6.07) is 8.70. The van der Waals surface area contributed by atoms with E-state index < -0.39 is 5.38 Å². The van der Waals surface area contributed by atoms with E-state index in [1.807, 2.05) is 25.1 Å². The van der Waals surface area contributed by atoms with Gasteiger partial charge in [0.25, 0.3) is 0 Å². The Kier molecular flexibility index (Phi) is 5.12. The second kappa shape index (κ2) is 6.67. The molecule has 0 fully saturated rings. The zero-order valence-electron chi connectivity index (χ0n) is 11.9. The van der Waals surface area contributed by atoms with Crippen molar-refractivity contribution in [3.8, 4) is 11.5 Å². The highest BCUT2D eigenvalue weighted by Gasteiger charge is 2.19. The normalized spacial score (nSPS) is 12.1. The molecule has 0 N–H and O–H groups in total. The summed E-state index contributed by atoms with van der Waals surface area (Å²) in [5.41, 5.74) is 2.58. The van der Waals surface area contributed by atoms with Crippen molar-refractivity contribution in [1.82, 2.24) is 0 Å². The smallest absolute Gasteiger partial charge is 0.141 e. The number of methoxy groups -OCH3 is 2. The Bertz CT molecular complexity index is 661. The summed E-state index contributed by atoms with van der Waals surface area (Å²) in [6.45, 7) is 1.96. The van der Waals surface area contributed by atoms with Crippen molar-refractivity contribution < 1.29 is 13.9 Å². The molecule has 2 rings (SSSR count). The maximum atomic E-state index is 13.6. The molecule has 0 bridgehead atoms. The topological polar surface area (TPSA) is 18.5 Å². The third-order valence-corrected chi connectivity index (χ3v) is 4.37. The minimum absolute atomic E-state index is 0.350. The molecule has 112 valence electrons. The van der Waals surface area contributed by atoms with Gasteiger partial charge in [-0.3, -0.25) is 0 Å². The zero-order valence-corrected chi connectivity index (χ0v) is 14.3. The van der Waals surface area contributed by atoms with Gasteiger partial charge >= 0.3 is 0 Å². The van der Waals surface area contributed by atoms with Crippen molar-refractivity contribution in [3.63, 3.8) is 0 Å². The molecule has 2 aromatic carbocycles. The highest BCUT2D eigenvalue weighted by molar-refractivity contribution is 9.10. The number of aryl methyl sites for hydroxylation is 1. The summed E-state index contributed by atoms with van der Waals surface area (Å²) in [6.07, 6.45) is 0. The molecule has 1 atom stereocenters. The lowest BCUT2D eigenvalue weighted by Crippen LogP contribution is -2.00. The van der Waals surface area contributed by atoms with Crippen molar-refractivity contribution >= 4 is 27.5 Å². The summed E-state index contributed by atoms with van der Waals surface area (Å²) < 4.78 is 24.5. The number of hydrogen-bond acceptors (Lipinski definition) is 2. The van der Waals surface area contributed by atoms with Gasteiger partial charge in [-0.15, -0.1) is 11.6 Å². The Morgan fingerprint density at radius 3 is 2.38 bits per heavy atom. The van der Waals surface area contributed by atoms with Gasteiger partial charge in [0.2, 0.25) is 0 Å². The van der Waals surface area contributed by atoms with Crippen LogP contribution in [0.15, 0.2) is 34.8 Å². The SMILES string of the molecule is COc1cc(C(Cl)c2cc(Br)c(F)cc2OC)ccc1C. The average molecular weight is 374 g/mol. The van der Waals surface area contributed by atoms with Crippen LogP contribution in [0.25, 0.3) is 0 Å². The third-order valence-electron chi connectivity index (χ3n) is 3.27. The second-order valence-electron chi connectivity index (χ2n) is 4.60. The van der Waals surface area contributed by atoms with Crippen molar-refractivity contribution in [2.45, 2.75) is 12.3 Å². The van der Waals surface area contributed by atoms with Gasteiger partial charge in [-0.1, -0.05) is 12.1 Å². The molecule has 0 amide bonds. The lowest BCUT2D eigenvalue weighted by Gasteiger charge is -2.16. The fraction of sp³-hybridized carbons (Fsp3) is 0.250. The van der Waals surface area contributed by atoms with Gasteiger partial charge in [0.15, 0.2) is 0 Å². The molecule has 0 aromatic heterocycles. The molecular formula is C16H15BrClFO2. The third kappa shape index (κ3) is 3.33. The van der Waals surface area contributed by atoms with Gasteiger partial charge in [0, 0.05) is 11.6 Å². The Labute approximate surface area is 137 Å². The van der Waals surface area contributed by atoms with Crippen LogP contribution in [0.5, 0.6) is 11.5 Å². The summed E-state index contributed by atoms with van der Waals surface area (Å²) in [5, 5.41) is -0.466. The summed E-state index contributed by atoms with van der Waals surface area (Å²) >= 11 is 9.72. The molecule has 5 heteroatoms. The fourth-order valence-electron chi connectivity index (χ4n) is 2.09. The van der Waals surface area contributed by atoms with E-state index in [1.165, 1.54) is 13.2 Å². The molecule has 1 unspecified atom stereocenters. The summed E-state index contributed by atoms with van der Waals surface area (Å²) in [4.78, 5) is 0. The van der Waals surface area contributed by atoms with Gasteiger partial charge in [0.1, 0.15) is 17.3 Å². The Balaban J connectivity index is 2.49. The molecule has 0 saturated heterocycles. The fourth-order valence-corrected chi connectivity index (χ4v) is 2.76. The van der Waals surface area contributed by atoms with Crippen molar-refractivity contribution in [1.29, 1.82) is 0 Å². The van der Waals surface area contributed by atoms with E-state index in [2.05, 4.69) is 15.9 Å². The monoisotopic (exact) mass is 372 g/mol. The number of ether oxygens (including phenoxy) is 2. The molecular weight excluding hydrogens is 359 g/mol. The van der Waals surface area contributed by atoms with Crippen LogP contribution in [0.3, 0.4) is 0 Å². The molecule has 0 radical (unpaired) electrons. The number of alkyl halides is 1. The molecule has 0 heterocycles. The Morgan fingerprint density at radius 1 is 1.10 bits per heavy atom. The molecule has 0 aliphatic heterocycles. The summed E-state index contributed by atoms with van der Waals surface area (Å²) in [5.74, 6) is 0.787. The quantitative estimate of drug-likeness (QED) is 0.682. The number of benzene rings is 2. The van der Waals surface area contributed by atoms with E-state index in [-0.39, 0.29) is 5.82 Å². The predicted octanol–water partition coefficient (Wildman–Crippen LogP) is 5.24. The van der Waals surface area contributed by atoms with Crippen LogP contribution in [0.1, 0.15) is 22.1 Å². The second-order valence-corrected chi connectivity index (χ2v) is 5.89. The van der Waals surface area contributed by atoms with E-state index >= 15 is 0 Å². The summed E-state index contributed by atoms with van der Waals surface area (Å²) in [7, 11) is 3.11. The van der Waals surface area contributed by atoms with Crippen LogP contribution in [0, 0.1) is 12.7 Å². The van der Waals surface area contributed by atoms with Gasteiger partial charge in [-0.25, -0.2) is 4.39 Å². The highest BCUT2D eigenvalue weighted by atomic mass is 79.9. The molecule has 0 aliphatic carbocycles. The Morgan fingerprint density at radius 2 is 1.76 bits per heavy atom. The maximum absolute atomic E-state index is 13.6. The van der Waals surface area contributed by atoms with Crippen LogP contribution in [0.4, 0.5) is 4.39 Å². The maximum Gasteiger partial charge on any atom is 0.141 e. The lowest BCUT2D eigenvalue weighted by molar-refractivity contribution is 0.405. The van der Waals surface area contributed by atoms with Crippen molar-refractivity contribution in [2.24, 2.45) is 0 Å². The van der Waals surface area contributed by atoms with E-state index in [9.17, 15) is 4.39 Å². The number of hydrogen-bond donors (Lipinski definition) is 0. The van der Waals surface area contributed by atoms with Crippen LogP contribution in [-0.4, -0.2) is 14.2 Å². The van der Waals surface area contributed by atoms with Crippen LogP contribution >= 0.6 is 27.5 Å². The van der Waals surface area contributed by atoms with Crippen LogP contribution in [0.2, 0.25) is 0 Å². The molecule has 21 heavy (non-hydrogen) atoms. The van der Waals surface area contributed by atoms with E-state index in [0.29, 0.717) is 15.8 Å². The van der Waals surface area contributed by atoms with E-state index in [4.69, 9.17) is 21.1 Å². The van der Waals surface area contributed by atoms with Crippen molar-refractivity contribution in [3.05, 3.63) is 57.3 Å². The van der Waals surface area contributed by atoms with E-state index in [0.717, 1.165) is 16.9 Å². The Hall–Kier alpha value is -1.26. The highest BCUT2D eigenvalue weighted by Crippen LogP contribution is 2.39. The van der Waals surface area contributed by atoms with Gasteiger partial charge in [-0.05, 0) is 46.1 Å². The first kappa shape index (κ1) is 16.1. The molecule has 2 nitrogen and oxygen atoms in total. The molecule has 2 aromatic rings. The first-order valence-electron chi connectivity index (χ1n) is 6.29. The minimum Gasteiger partial charge on any atom is -0.496 e. The average Bonchev–Trinajstić information content (AvgIpc) is 2.49. The molecule has 0 aliphatic rings. The first-order chi connectivity index (χ1) is 9.97. The minimum atomic E-state index is -0.466. The van der Waals surface area contributed by atoms with Gasteiger partial charge < -0.3 is 9.47 Å². The lowest BCUT2D eigenvalue weighted by atomic mass is 10.0. The van der Waals surface area contributed by atoms with Gasteiger partial charge in [0.05, 0.1) is 24.1 Å². The predicted molar refractivity (Wildman–Crippen MR) is 86.1 cm³/mol. The zero-order chi connectivity index (χ0) is 15.6. The van der Waals surface area contributed by atoms with Crippen LogP contribution < -0.4 is 9.47 Å². The van der Waals surface area contributed by atoms with Gasteiger partial charge in [-0.2, -0.15) is 0 Å².